The summed E-state index contributed by atoms with van der Waals surface area (Å²) < 4.78 is 0. The Balaban J connectivity index is 2.27. The Bertz CT molecular complexity index is 514. The minimum Gasteiger partial charge on any atom is -0.338 e. The average molecular weight is 303 g/mol. The second-order valence-corrected chi connectivity index (χ2v) is 5.44. The fraction of sp³-hybridized carbons (Fsp3) is 0.417. The Morgan fingerprint density at radius 1 is 1.37 bits per heavy atom. The van der Waals surface area contributed by atoms with Gasteiger partial charge in [0.15, 0.2) is 0 Å². The Kier molecular flexibility index (Phi) is 4.27. The smallest absolute Gasteiger partial charge is 0.282 e. The first kappa shape index (κ1) is 14.1. The van der Waals surface area contributed by atoms with E-state index in [4.69, 9.17) is 23.2 Å². The van der Waals surface area contributed by atoms with E-state index in [1.807, 2.05) is 0 Å². The van der Waals surface area contributed by atoms with Crippen LogP contribution < -0.4 is 0 Å². The summed E-state index contributed by atoms with van der Waals surface area (Å²) in [7, 11) is 0. The van der Waals surface area contributed by atoms with Gasteiger partial charge >= 0.3 is 0 Å². The number of amides is 1. The highest BCUT2D eigenvalue weighted by atomic mass is 35.5. The number of nitro benzene ring substituents is 1. The maximum Gasteiger partial charge on any atom is 0.282 e. The predicted molar refractivity (Wildman–Crippen MR) is 72.9 cm³/mol. The van der Waals surface area contributed by atoms with Crippen LogP contribution in [0.25, 0.3) is 0 Å². The number of hydrogen-bond donors (Lipinski definition) is 0. The molecule has 19 heavy (non-hydrogen) atoms. The minimum atomic E-state index is -0.572. The van der Waals surface area contributed by atoms with Gasteiger partial charge in [-0.25, -0.2) is 0 Å². The van der Waals surface area contributed by atoms with Gasteiger partial charge in [-0.05, 0) is 25.0 Å². The summed E-state index contributed by atoms with van der Waals surface area (Å²) in [6.07, 6.45) is 1.39. The molecule has 0 N–H and O–H groups in total. The lowest BCUT2D eigenvalue weighted by Crippen LogP contribution is -2.39. The van der Waals surface area contributed by atoms with Crippen LogP contribution in [0.1, 0.15) is 23.2 Å². The van der Waals surface area contributed by atoms with Crippen LogP contribution in [0.5, 0.6) is 0 Å². The van der Waals surface area contributed by atoms with Crippen molar-refractivity contribution in [1.82, 2.24) is 4.90 Å². The molecule has 1 aromatic rings. The molecule has 1 amide bonds. The van der Waals surface area contributed by atoms with Crippen LogP contribution in [0.2, 0.25) is 5.02 Å². The van der Waals surface area contributed by atoms with Gasteiger partial charge in [0.25, 0.3) is 11.6 Å². The van der Waals surface area contributed by atoms with E-state index >= 15 is 0 Å². The number of halogens is 2. The third-order valence-electron chi connectivity index (χ3n) is 3.10. The molecule has 0 spiro atoms. The zero-order valence-electron chi connectivity index (χ0n) is 10.0. The number of piperidine rings is 1. The van der Waals surface area contributed by atoms with Crippen molar-refractivity contribution < 1.29 is 9.72 Å². The van der Waals surface area contributed by atoms with Crippen molar-refractivity contribution in [2.75, 3.05) is 13.1 Å². The summed E-state index contributed by atoms with van der Waals surface area (Å²) in [6.45, 7) is 1.02. The number of nitrogens with zero attached hydrogens (tertiary/aromatic N) is 2. The third-order valence-corrected chi connectivity index (χ3v) is 3.77. The normalized spacial score (nSPS) is 16.4. The molecule has 1 saturated heterocycles. The summed E-state index contributed by atoms with van der Waals surface area (Å²) in [4.78, 5) is 24.3. The van der Waals surface area contributed by atoms with Gasteiger partial charge in [-0.15, -0.1) is 11.6 Å². The number of benzene rings is 1. The van der Waals surface area contributed by atoms with E-state index < -0.39 is 4.92 Å². The molecule has 0 bridgehead atoms. The van der Waals surface area contributed by atoms with Crippen molar-refractivity contribution in [3.8, 4) is 0 Å². The maximum atomic E-state index is 12.3. The van der Waals surface area contributed by atoms with Gasteiger partial charge in [0.1, 0.15) is 5.56 Å². The fourth-order valence-electron chi connectivity index (χ4n) is 2.06. The number of rotatable bonds is 2. The number of alkyl halides is 1. The Hall–Kier alpha value is -1.33. The zero-order chi connectivity index (χ0) is 14.0. The van der Waals surface area contributed by atoms with Gasteiger partial charge in [0.05, 0.1) is 4.92 Å². The molecule has 2 rings (SSSR count). The van der Waals surface area contributed by atoms with Gasteiger partial charge in [-0.1, -0.05) is 11.6 Å². The fourth-order valence-corrected chi connectivity index (χ4v) is 2.43. The summed E-state index contributed by atoms with van der Waals surface area (Å²) in [5.41, 5.74) is -0.187. The number of carbonyl (C=O) groups is 1. The van der Waals surface area contributed by atoms with Gasteiger partial charge in [-0.3, -0.25) is 14.9 Å². The van der Waals surface area contributed by atoms with Gasteiger partial charge in [0, 0.05) is 29.6 Å². The van der Waals surface area contributed by atoms with Gasteiger partial charge in [-0.2, -0.15) is 0 Å². The first-order valence-electron chi connectivity index (χ1n) is 5.86. The van der Waals surface area contributed by atoms with Crippen molar-refractivity contribution in [2.24, 2.45) is 0 Å². The molecule has 1 fully saturated rings. The van der Waals surface area contributed by atoms with E-state index in [0.29, 0.717) is 31.0 Å². The van der Waals surface area contributed by atoms with Crippen LogP contribution in [0.15, 0.2) is 18.2 Å². The van der Waals surface area contributed by atoms with Gasteiger partial charge < -0.3 is 4.90 Å². The first-order valence-corrected chi connectivity index (χ1v) is 6.68. The minimum absolute atomic E-state index is 0.0329. The molecular weight excluding hydrogens is 291 g/mol. The van der Waals surface area contributed by atoms with E-state index in [1.54, 1.807) is 4.90 Å². The predicted octanol–water partition coefficient (Wildman–Crippen LogP) is 3.09. The van der Waals surface area contributed by atoms with Crippen molar-refractivity contribution >= 4 is 34.8 Å². The highest BCUT2D eigenvalue weighted by Crippen LogP contribution is 2.26. The van der Waals surface area contributed by atoms with Crippen molar-refractivity contribution in [3.63, 3.8) is 0 Å². The molecule has 1 aliphatic heterocycles. The van der Waals surface area contributed by atoms with Gasteiger partial charge in [0.2, 0.25) is 0 Å². The molecule has 0 aliphatic carbocycles. The largest absolute Gasteiger partial charge is 0.338 e. The Labute approximate surface area is 120 Å². The molecule has 0 saturated carbocycles. The Morgan fingerprint density at radius 2 is 2.00 bits per heavy atom. The zero-order valence-corrected chi connectivity index (χ0v) is 11.5. The lowest BCUT2D eigenvalue weighted by atomic mass is 10.1. The molecule has 0 aromatic heterocycles. The molecule has 5 nitrogen and oxygen atoms in total. The number of carbonyl (C=O) groups excluding carboxylic acids is 1. The van der Waals surface area contributed by atoms with E-state index in [2.05, 4.69) is 0 Å². The monoisotopic (exact) mass is 302 g/mol. The molecule has 1 heterocycles. The van der Waals surface area contributed by atoms with Crippen LogP contribution in [0, 0.1) is 10.1 Å². The summed E-state index contributed by atoms with van der Waals surface area (Å²) >= 11 is 11.8. The summed E-state index contributed by atoms with van der Waals surface area (Å²) in [6, 6.07) is 4.00. The van der Waals surface area contributed by atoms with Crippen LogP contribution in [0.3, 0.4) is 0 Å². The lowest BCUT2D eigenvalue weighted by Gasteiger charge is -2.29. The van der Waals surface area contributed by atoms with Crippen molar-refractivity contribution in [2.45, 2.75) is 18.2 Å². The SMILES string of the molecule is O=C(c1cc(Cl)ccc1[N+](=O)[O-])N1CCC(Cl)CC1. The van der Waals surface area contributed by atoms with Crippen LogP contribution in [-0.4, -0.2) is 34.2 Å². The second kappa shape index (κ2) is 5.75. The number of nitro groups is 1. The van der Waals surface area contributed by atoms with Crippen LogP contribution in [0.4, 0.5) is 5.69 Å². The number of hydrogen-bond acceptors (Lipinski definition) is 3. The lowest BCUT2D eigenvalue weighted by molar-refractivity contribution is -0.385. The van der Waals surface area contributed by atoms with Crippen molar-refractivity contribution in [1.29, 1.82) is 0 Å². The summed E-state index contributed by atoms with van der Waals surface area (Å²) in [5, 5.41) is 11.3. The molecular formula is C12H12Cl2N2O3. The molecule has 0 radical (unpaired) electrons. The molecule has 1 aromatic carbocycles. The van der Waals surface area contributed by atoms with E-state index in [9.17, 15) is 14.9 Å². The van der Waals surface area contributed by atoms with Crippen LogP contribution in [-0.2, 0) is 0 Å². The highest BCUT2D eigenvalue weighted by molar-refractivity contribution is 6.31. The van der Waals surface area contributed by atoms with E-state index in [1.165, 1.54) is 18.2 Å². The first-order chi connectivity index (χ1) is 8.99. The van der Waals surface area contributed by atoms with Crippen LogP contribution >= 0.6 is 23.2 Å². The van der Waals surface area contributed by atoms with Crippen molar-refractivity contribution in [3.05, 3.63) is 38.9 Å². The Morgan fingerprint density at radius 3 is 2.58 bits per heavy atom. The molecule has 0 atom stereocenters. The number of likely N-dealkylation sites (tertiary alicyclic amines) is 1. The molecule has 1 aliphatic rings. The quantitative estimate of drug-likeness (QED) is 0.479. The van der Waals surface area contributed by atoms with E-state index in [-0.39, 0.29) is 22.5 Å². The highest BCUT2D eigenvalue weighted by Gasteiger charge is 2.27. The molecule has 102 valence electrons. The second-order valence-electron chi connectivity index (χ2n) is 4.39. The topological polar surface area (TPSA) is 63.4 Å². The average Bonchev–Trinajstić information content (AvgIpc) is 2.38. The standard InChI is InChI=1S/C12H12Cl2N2O3/c13-8-3-5-15(6-4-8)12(17)10-7-9(14)1-2-11(10)16(18)19/h1-2,7-8H,3-6H2. The third kappa shape index (κ3) is 3.16. The maximum absolute atomic E-state index is 12.3. The van der Waals surface area contributed by atoms with E-state index in [0.717, 1.165) is 0 Å². The molecule has 0 unspecified atom stereocenters. The summed E-state index contributed by atoms with van der Waals surface area (Å²) in [5.74, 6) is -0.363. The molecule has 7 heteroatoms.